The molecule has 17 heavy (non-hydrogen) atoms. The van der Waals surface area contributed by atoms with Crippen molar-refractivity contribution >= 4 is 5.97 Å². The van der Waals surface area contributed by atoms with Gasteiger partial charge in [0.15, 0.2) is 0 Å². The lowest BCUT2D eigenvalue weighted by Crippen LogP contribution is -2.35. The highest BCUT2D eigenvalue weighted by Gasteiger charge is 2.14. The number of carbonyl (C=O) groups excluding carboxylic acids is 1. The van der Waals surface area contributed by atoms with Crippen molar-refractivity contribution in [2.24, 2.45) is 0 Å². The van der Waals surface area contributed by atoms with E-state index in [0.29, 0.717) is 6.54 Å². The van der Waals surface area contributed by atoms with Crippen molar-refractivity contribution in [1.29, 1.82) is 0 Å². The van der Waals surface area contributed by atoms with E-state index in [1.165, 1.54) is 19.2 Å². The van der Waals surface area contributed by atoms with Crippen LogP contribution in [0, 0.1) is 5.82 Å². The first-order valence-corrected chi connectivity index (χ1v) is 5.58. The summed E-state index contributed by atoms with van der Waals surface area (Å²) in [6.45, 7) is 4.86. The molecule has 3 nitrogen and oxygen atoms in total. The molecule has 0 amide bonds. The molecule has 94 valence electrons. The number of ether oxygens (including phenoxy) is 1. The molecular weight excluding hydrogens is 221 g/mol. The van der Waals surface area contributed by atoms with Crippen molar-refractivity contribution in [2.45, 2.75) is 26.4 Å². The van der Waals surface area contributed by atoms with Gasteiger partial charge in [0.2, 0.25) is 0 Å². The third-order valence-corrected chi connectivity index (χ3v) is 2.59. The molecule has 1 aromatic rings. The van der Waals surface area contributed by atoms with Crippen molar-refractivity contribution in [3.05, 3.63) is 35.6 Å². The molecule has 0 aliphatic carbocycles. The minimum absolute atomic E-state index is 0.221. The summed E-state index contributed by atoms with van der Waals surface area (Å²) in [5, 5.41) is 0. The van der Waals surface area contributed by atoms with Crippen molar-refractivity contribution in [2.75, 3.05) is 13.7 Å². The Balaban J connectivity index is 2.66. The third-order valence-electron chi connectivity index (χ3n) is 2.59. The van der Waals surface area contributed by atoms with Crippen LogP contribution in [0.2, 0.25) is 0 Å². The Morgan fingerprint density at radius 3 is 2.41 bits per heavy atom. The number of rotatable bonds is 5. The quantitative estimate of drug-likeness (QED) is 0.738. The number of benzene rings is 1. The van der Waals surface area contributed by atoms with Gasteiger partial charge in [-0.2, -0.15) is 0 Å². The molecule has 0 N–H and O–H groups in total. The Kier molecular flexibility index (Phi) is 5.10. The van der Waals surface area contributed by atoms with Crippen LogP contribution >= 0.6 is 0 Å². The van der Waals surface area contributed by atoms with Crippen LogP contribution in [-0.4, -0.2) is 30.6 Å². The van der Waals surface area contributed by atoms with Gasteiger partial charge in [-0.3, -0.25) is 9.69 Å². The minimum atomic E-state index is -0.263. The molecule has 1 aromatic carbocycles. The van der Waals surface area contributed by atoms with Crippen LogP contribution in [0.25, 0.3) is 0 Å². The number of hydrogen-bond donors (Lipinski definition) is 0. The molecule has 0 atom stereocenters. The van der Waals surface area contributed by atoms with Crippen molar-refractivity contribution in [3.8, 4) is 0 Å². The molecule has 0 aliphatic rings. The number of hydrogen-bond acceptors (Lipinski definition) is 3. The summed E-state index contributed by atoms with van der Waals surface area (Å²) >= 11 is 0. The van der Waals surface area contributed by atoms with Gasteiger partial charge in [0.25, 0.3) is 0 Å². The highest BCUT2D eigenvalue weighted by atomic mass is 19.1. The van der Waals surface area contributed by atoms with E-state index in [0.717, 1.165) is 5.56 Å². The Labute approximate surface area is 101 Å². The zero-order valence-electron chi connectivity index (χ0n) is 10.4. The summed E-state index contributed by atoms with van der Waals surface area (Å²) in [5.74, 6) is -0.515. The van der Waals surface area contributed by atoms with E-state index in [-0.39, 0.29) is 24.4 Å². The van der Waals surface area contributed by atoms with E-state index in [2.05, 4.69) is 4.74 Å². The molecule has 0 aliphatic heterocycles. The molecule has 0 spiro atoms. The van der Waals surface area contributed by atoms with E-state index in [1.54, 1.807) is 12.1 Å². The standard InChI is InChI=1S/C13H18FNO2/c1-10(2)15(9-13(16)17-3)8-11-4-6-12(14)7-5-11/h4-7,10H,8-9H2,1-3H3. The Morgan fingerprint density at radius 1 is 1.35 bits per heavy atom. The maximum Gasteiger partial charge on any atom is 0.319 e. The van der Waals surface area contributed by atoms with Gasteiger partial charge in [-0.15, -0.1) is 0 Å². The van der Waals surface area contributed by atoms with E-state index < -0.39 is 0 Å². The SMILES string of the molecule is COC(=O)CN(Cc1ccc(F)cc1)C(C)C. The highest BCUT2D eigenvalue weighted by Crippen LogP contribution is 2.09. The molecule has 4 heteroatoms. The van der Waals surface area contributed by atoms with Gasteiger partial charge >= 0.3 is 5.97 Å². The van der Waals surface area contributed by atoms with Gasteiger partial charge in [0.05, 0.1) is 13.7 Å². The van der Waals surface area contributed by atoms with Gasteiger partial charge in [0.1, 0.15) is 5.82 Å². The molecule has 0 radical (unpaired) electrons. The number of nitrogens with zero attached hydrogens (tertiary/aromatic N) is 1. The smallest absolute Gasteiger partial charge is 0.319 e. The largest absolute Gasteiger partial charge is 0.468 e. The highest BCUT2D eigenvalue weighted by molar-refractivity contribution is 5.71. The fourth-order valence-corrected chi connectivity index (χ4v) is 1.48. The van der Waals surface area contributed by atoms with Crippen LogP contribution in [0.3, 0.4) is 0 Å². The summed E-state index contributed by atoms with van der Waals surface area (Å²) in [5.41, 5.74) is 0.976. The van der Waals surface area contributed by atoms with Crippen LogP contribution in [0.1, 0.15) is 19.4 Å². The third kappa shape index (κ3) is 4.53. The van der Waals surface area contributed by atoms with Crippen LogP contribution in [0.4, 0.5) is 4.39 Å². The van der Waals surface area contributed by atoms with Gasteiger partial charge in [-0.1, -0.05) is 12.1 Å². The summed E-state index contributed by atoms with van der Waals surface area (Å²) < 4.78 is 17.4. The predicted molar refractivity (Wildman–Crippen MR) is 64.0 cm³/mol. The molecule has 0 fully saturated rings. The van der Waals surface area contributed by atoms with E-state index in [4.69, 9.17) is 0 Å². The molecular formula is C13H18FNO2. The number of esters is 1. The predicted octanol–water partition coefficient (Wildman–Crippen LogP) is 2.21. The lowest BCUT2D eigenvalue weighted by Gasteiger charge is -2.25. The Morgan fingerprint density at radius 2 is 1.94 bits per heavy atom. The van der Waals surface area contributed by atoms with Crippen molar-refractivity contribution < 1.29 is 13.9 Å². The summed E-state index contributed by atoms with van der Waals surface area (Å²) in [6.07, 6.45) is 0. The average Bonchev–Trinajstić information content (AvgIpc) is 2.30. The second-order valence-electron chi connectivity index (χ2n) is 4.20. The molecule has 0 aromatic heterocycles. The maximum absolute atomic E-state index is 12.8. The van der Waals surface area contributed by atoms with Crippen LogP contribution < -0.4 is 0 Å². The summed E-state index contributed by atoms with van der Waals surface area (Å²) in [7, 11) is 1.37. The second-order valence-corrected chi connectivity index (χ2v) is 4.20. The van der Waals surface area contributed by atoms with Gasteiger partial charge in [-0.25, -0.2) is 4.39 Å². The van der Waals surface area contributed by atoms with Crippen LogP contribution in [0.5, 0.6) is 0 Å². The first-order chi connectivity index (χ1) is 8.02. The molecule has 0 saturated heterocycles. The normalized spacial score (nSPS) is 10.9. The molecule has 0 unspecified atom stereocenters. The number of carbonyl (C=O) groups is 1. The average molecular weight is 239 g/mol. The van der Waals surface area contributed by atoms with E-state index in [1.807, 2.05) is 18.7 Å². The fourth-order valence-electron chi connectivity index (χ4n) is 1.48. The van der Waals surface area contributed by atoms with Crippen molar-refractivity contribution in [3.63, 3.8) is 0 Å². The molecule has 0 heterocycles. The van der Waals surface area contributed by atoms with Crippen LogP contribution in [-0.2, 0) is 16.1 Å². The molecule has 0 saturated carbocycles. The Hall–Kier alpha value is -1.42. The zero-order valence-corrected chi connectivity index (χ0v) is 10.4. The number of methoxy groups -OCH3 is 1. The van der Waals surface area contributed by atoms with Gasteiger partial charge in [0, 0.05) is 12.6 Å². The first-order valence-electron chi connectivity index (χ1n) is 5.58. The maximum atomic E-state index is 12.8. The number of halogens is 1. The molecule has 0 bridgehead atoms. The molecule has 1 rings (SSSR count). The zero-order chi connectivity index (χ0) is 12.8. The fraction of sp³-hybridized carbons (Fsp3) is 0.462. The second kappa shape index (κ2) is 6.35. The topological polar surface area (TPSA) is 29.5 Å². The lowest BCUT2D eigenvalue weighted by molar-refractivity contribution is -0.142. The first kappa shape index (κ1) is 13.6. The van der Waals surface area contributed by atoms with Gasteiger partial charge in [-0.05, 0) is 31.5 Å². The minimum Gasteiger partial charge on any atom is -0.468 e. The van der Waals surface area contributed by atoms with Crippen LogP contribution in [0.15, 0.2) is 24.3 Å². The lowest BCUT2D eigenvalue weighted by atomic mass is 10.2. The van der Waals surface area contributed by atoms with E-state index >= 15 is 0 Å². The Bertz CT molecular complexity index is 362. The monoisotopic (exact) mass is 239 g/mol. The summed E-state index contributed by atoms with van der Waals surface area (Å²) in [4.78, 5) is 13.2. The van der Waals surface area contributed by atoms with Gasteiger partial charge < -0.3 is 4.74 Å². The van der Waals surface area contributed by atoms with Crippen molar-refractivity contribution in [1.82, 2.24) is 4.90 Å². The van der Waals surface area contributed by atoms with E-state index in [9.17, 15) is 9.18 Å². The summed E-state index contributed by atoms with van der Waals surface area (Å²) in [6, 6.07) is 6.52.